The summed E-state index contributed by atoms with van der Waals surface area (Å²) in [5.74, 6) is 0.603. The molecule has 1 unspecified atom stereocenters. The van der Waals surface area contributed by atoms with Crippen LogP contribution in [-0.4, -0.2) is 45.6 Å². The van der Waals surface area contributed by atoms with Crippen LogP contribution in [0.3, 0.4) is 0 Å². The van der Waals surface area contributed by atoms with Gasteiger partial charge in [0.15, 0.2) is 17.6 Å². The highest BCUT2D eigenvalue weighted by atomic mass is 35.5. The van der Waals surface area contributed by atoms with E-state index in [2.05, 4.69) is 34.3 Å². The number of benzene rings is 5. The van der Waals surface area contributed by atoms with Crippen molar-refractivity contribution >= 4 is 23.5 Å². The Morgan fingerprint density at radius 3 is 2.40 bits per heavy atom. The fourth-order valence-corrected chi connectivity index (χ4v) is 8.51. The number of carboxylic acid groups (broad SMARTS) is 1. The zero-order valence-electron chi connectivity index (χ0n) is 33.9. The Hall–Kier alpha value is -6.16. The van der Waals surface area contributed by atoms with E-state index in [9.17, 15) is 14.7 Å². The minimum Gasteiger partial charge on any atom is -0.489 e. The number of carbonyl (C=O) groups excluding carboxylic acids is 1. The van der Waals surface area contributed by atoms with Crippen molar-refractivity contribution in [1.82, 2.24) is 15.2 Å². The lowest BCUT2D eigenvalue weighted by Crippen LogP contribution is -2.55. The maximum Gasteiger partial charge on any atom is 0.326 e. The molecule has 0 aliphatic carbocycles. The minimum atomic E-state index is -1.12. The lowest BCUT2D eigenvalue weighted by molar-refractivity contribution is -0.143. The van der Waals surface area contributed by atoms with Crippen molar-refractivity contribution in [2.24, 2.45) is 0 Å². The molecule has 8 rings (SSSR count). The van der Waals surface area contributed by atoms with E-state index >= 15 is 0 Å². The number of fused-ring (bicyclic) bond motifs is 2. The highest BCUT2D eigenvalue weighted by molar-refractivity contribution is 6.30. The smallest absolute Gasteiger partial charge is 0.326 e. The first-order valence-electron chi connectivity index (χ1n) is 20.4. The van der Waals surface area contributed by atoms with Crippen LogP contribution in [0.25, 0.3) is 11.1 Å². The quantitative estimate of drug-likeness (QED) is 0.119. The Labute approximate surface area is 355 Å². The fraction of sp³-hybridized carbons (Fsp3) is 0.260. The summed E-state index contributed by atoms with van der Waals surface area (Å²) >= 11 is 6.13. The summed E-state index contributed by atoms with van der Waals surface area (Å²) in [5, 5.41) is 14.0. The van der Waals surface area contributed by atoms with Crippen LogP contribution in [0.1, 0.15) is 70.1 Å². The first-order valence-corrected chi connectivity index (χ1v) is 20.8. The van der Waals surface area contributed by atoms with E-state index in [-0.39, 0.29) is 24.5 Å². The largest absolute Gasteiger partial charge is 0.489 e. The minimum absolute atomic E-state index is 0.0910. The molecule has 306 valence electrons. The van der Waals surface area contributed by atoms with Crippen molar-refractivity contribution in [3.05, 3.63) is 177 Å². The number of aromatic nitrogens is 1. The van der Waals surface area contributed by atoms with Gasteiger partial charge in [-0.2, -0.15) is 0 Å². The molecular formula is C50H48ClN3O6. The van der Waals surface area contributed by atoms with E-state index in [1.807, 2.05) is 123 Å². The average Bonchev–Trinajstić information content (AvgIpc) is 3.26. The number of nitrogens with zero attached hydrogens (tertiary/aromatic N) is 2. The van der Waals surface area contributed by atoms with E-state index in [0.29, 0.717) is 42.7 Å². The monoisotopic (exact) mass is 821 g/mol. The number of rotatable bonds is 13. The highest BCUT2D eigenvalue weighted by Crippen LogP contribution is 2.42. The molecule has 2 aliphatic rings. The van der Waals surface area contributed by atoms with Crippen LogP contribution < -0.4 is 19.5 Å². The zero-order chi connectivity index (χ0) is 41.8. The van der Waals surface area contributed by atoms with Crippen molar-refractivity contribution in [3.63, 3.8) is 0 Å². The molecule has 0 saturated heterocycles. The Balaban J connectivity index is 0.998. The zero-order valence-corrected chi connectivity index (χ0v) is 34.7. The summed E-state index contributed by atoms with van der Waals surface area (Å²) < 4.78 is 18.9. The molecule has 2 N–H and O–H groups in total. The van der Waals surface area contributed by atoms with Crippen LogP contribution in [0.15, 0.2) is 128 Å². The van der Waals surface area contributed by atoms with Gasteiger partial charge in [0, 0.05) is 35.9 Å². The van der Waals surface area contributed by atoms with Gasteiger partial charge in [0.2, 0.25) is 5.91 Å². The maximum absolute atomic E-state index is 14.4. The van der Waals surface area contributed by atoms with Gasteiger partial charge in [-0.05, 0) is 119 Å². The van der Waals surface area contributed by atoms with Crippen LogP contribution in [0.2, 0.25) is 5.02 Å². The number of hydrogen-bond acceptors (Lipinski definition) is 7. The van der Waals surface area contributed by atoms with E-state index in [1.54, 1.807) is 6.20 Å². The van der Waals surface area contributed by atoms with Gasteiger partial charge in [-0.15, -0.1) is 0 Å². The van der Waals surface area contributed by atoms with Crippen molar-refractivity contribution in [2.45, 2.75) is 77.4 Å². The second-order valence-electron chi connectivity index (χ2n) is 15.6. The third-order valence-corrected chi connectivity index (χ3v) is 11.9. The lowest BCUT2D eigenvalue weighted by atomic mass is 9.89. The van der Waals surface area contributed by atoms with Crippen LogP contribution in [0.5, 0.6) is 17.2 Å². The van der Waals surface area contributed by atoms with Crippen molar-refractivity contribution in [2.75, 3.05) is 6.61 Å². The summed E-state index contributed by atoms with van der Waals surface area (Å²) in [6.07, 6.45) is 2.75. The molecule has 0 radical (unpaired) electrons. The number of carboxylic acids is 1. The summed E-state index contributed by atoms with van der Waals surface area (Å²) in [4.78, 5) is 33.7. The molecule has 2 aliphatic heterocycles. The molecule has 60 heavy (non-hydrogen) atoms. The Bertz CT molecular complexity index is 2480. The SMILES string of the molecule is CC[C@@H](c1ccccc1)N1Cc2cc3c(cc2C[C@H]1C(=O)NC(Cc1ccc(-c2ccnc(C)c2C)cc1)C(=O)O)OC[C@H](c1ccc(OCc2cccc(Cl)c2)cc1)O3. The molecule has 6 aromatic rings. The van der Waals surface area contributed by atoms with Crippen LogP contribution >= 0.6 is 11.6 Å². The number of hydrogen-bond donors (Lipinski definition) is 2. The molecule has 1 amide bonds. The number of nitrogens with one attached hydrogen (secondary N) is 1. The molecule has 10 heteroatoms. The van der Waals surface area contributed by atoms with Crippen molar-refractivity contribution in [1.29, 1.82) is 0 Å². The highest BCUT2D eigenvalue weighted by Gasteiger charge is 2.39. The number of pyridine rings is 1. The molecule has 0 bridgehead atoms. The van der Waals surface area contributed by atoms with Gasteiger partial charge in [-0.1, -0.05) is 97.4 Å². The third-order valence-electron chi connectivity index (χ3n) is 11.7. The number of amides is 1. The number of aliphatic carboxylic acids is 1. The molecule has 9 nitrogen and oxygen atoms in total. The van der Waals surface area contributed by atoms with Gasteiger partial charge >= 0.3 is 5.97 Å². The van der Waals surface area contributed by atoms with E-state index in [1.165, 1.54) is 0 Å². The fourth-order valence-electron chi connectivity index (χ4n) is 8.29. The molecular weight excluding hydrogens is 774 g/mol. The molecule has 0 fully saturated rings. The topological polar surface area (TPSA) is 110 Å². The van der Waals surface area contributed by atoms with E-state index in [0.717, 1.165) is 67.9 Å². The second-order valence-corrected chi connectivity index (χ2v) is 16.0. The van der Waals surface area contributed by atoms with Gasteiger partial charge in [-0.25, -0.2) is 4.79 Å². The maximum atomic E-state index is 14.4. The summed E-state index contributed by atoms with van der Waals surface area (Å²) in [5.41, 5.74) is 10.0. The average molecular weight is 822 g/mol. The predicted molar refractivity (Wildman–Crippen MR) is 232 cm³/mol. The van der Waals surface area contributed by atoms with Gasteiger partial charge in [0.1, 0.15) is 25.0 Å². The van der Waals surface area contributed by atoms with Crippen LogP contribution in [-0.2, 0) is 35.6 Å². The van der Waals surface area contributed by atoms with E-state index in [4.69, 9.17) is 25.8 Å². The Kier molecular flexibility index (Phi) is 12.2. The summed E-state index contributed by atoms with van der Waals surface area (Å²) in [6.45, 7) is 7.34. The predicted octanol–water partition coefficient (Wildman–Crippen LogP) is 9.80. The summed E-state index contributed by atoms with van der Waals surface area (Å²) in [6, 6.07) is 37.6. The molecule has 4 atom stereocenters. The molecule has 3 heterocycles. The first kappa shape index (κ1) is 40.6. The molecule has 0 spiro atoms. The Morgan fingerprint density at radius 1 is 0.900 bits per heavy atom. The lowest BCUT2D eigenvalue weighted by Gasteiger charge is -2.42. The summed E-state index contributed by atoms with van der Waals surface area (Å²) in [7, 11) is 0. The van der Waals surface area contributed by atoms with Gasteiger partial charge in [0.25, 0.3) is 0 Å². The molecule has 1 aromatic heterocycles. The number of ether oxygens (including phenoxy) is 3. The van der Waals surface area contributed by atoms with Gasteiger partial charge in [0.05, 0.1) is 6.04 Å². The van der Waals surface area contributed by atoms with Crippen LogP contribution in [0, 0.1) is 13.8 Å². The number of aryl methyl sites for hydroxylation is 1. The standard InChI is InChI=1S/C50H48ClN3O6/c1-4-44(36-10-6-5-7-11-36)54-28-39-27-47-46(59-30-48(60-47)37-17-19-41(20-18-37)58-29-34-9-8-12-40(51)23-34)26-38(39)25-45(54)49(55)53-43(50(56)57)24-33-13-15-35(16-14-33)42-21-22-52-32(3)31(42)2/h5-23,26-27,43-45,48H,4,24-25,28-30H2,1-3H3,(H,53,55)(H,56,57)/t43?,44-,45-,48+/m0/s1. The van der Waals surface area contributed by atoms with Gasteiger partial charge < -0.3 is 24.6 Å². The normalized spacial score (nSPS) is 16.9. The van der Waals surface area contributed by atoms with Crippen molar-refractivity contribution < 1.29 is 28.9 Å². The van der Waals surface area contributed by atoms with E-state index < -0.39 is 18.1 Å². The second kappa shape index (κ2) is 18.0. The Morgan fingerprint density at radius 2 is 1.67 bits per heavy atom. The molecule has 0 saturated carbocycles. The molecule has 5 aromatic carbocycles. The number of carbonyl (C=O) groups is 2. The van der Waals surface area contributed by atoms with Crippen molar-refractivity contribution in [3.8, 4) is 28.4 Å². The van der Waals surface area contributed by atoms with Gasteiger partial charge in [-0.3, -0.25) is 14.7 Å². The third kappa shape index (κ3) is 9.03. The first-order chi connectivity index (χ1) is 29.1. The van der Waals surface area contributed by atoms with Crippen LogP contribution in [0.4, 0.5) is 0 Å². The number of halogens is 1.